The standard InChI is InChI=1S/2Fe.3H2O4S.H2S/c;;3*1-5(2,3)4;/h;;3*(H2,1,2,3,4);1H2/q2*+3;;;;/p-6. The third kappa shape index (κ3) is 4360. The van der Waals surface area contributed by atoms with Crippen molar-refractivity contribution in [2.45, 2.75) is 0 Å². The summed E-state index contributed by atoms with van der Waals surface area (Å²) in [5.74, 6) is 0. The van der Waals surface area contributed by atoms with Gasteiger partial charge in [0.05, 0.1) is 0 Å². The van der Waals surface area contributed by atoms with E-state index >= 15 is 0 Å². The maximum atomic E-state index is 8.52. The van der Waals surface area contributed by atoms with Crippen molar-refractivity contribution < 1.29 is 86.7 Å². The molecular formula is H2Fe2O12S4. The molecule has 0 bridgehead atoms. The van der Waals surface area contributed by atoms with E-state index in [1.807, 2.05) is 0 Å². The van der Waals surface area contributed by atoms with Crippen LogP contribution < -0.4 is 0 Å². The van der Waals surface area contributed by atoms with E-state index < -0.39 is 31.2 Å². The summed E-state index contributed by atoms with van der Waals surface area (Å²) in [4.78, 5) is 0. The van der Waals surface area contributed by atoms with Gasteiger partial charge < -0.3 is 27.3 Å². The fourth-order valence-electron chi connectivity index (χ4n) is 0. The van der Waals surface area contributed by atoms with E-state index in [9.17, 15) is 0 Å². The normalized spacial score (nSPS) is 9.67. The molecule has 0 aliphatic heterocycles. The van der Waals surface area contributed by atoms with E-state index in [0.717, 1.165) is 0 Å². The van der Waals surface area contributed by atoms with Gasteiger partial charge >= 0.3 is 34.1 Å². The van der Waals surface area contributed by atoms with Crippen LogP contribution in [0.1, 0.15) is 0 Å². The predicted molar refractivity (Wildman–Crippen MR) is 41.8 cm³/mol. The Kier molecular flexibility index (Phi) is 29.2. The van der Waals surface area contributed by atoms with Gasteiger partial charge in [-0.1, -0.05) is 0 Å². The second kappa shape index (κ2) is 14.4. The first-order valence-electron chi connectivity index (χ1n) is 2.00. The average Bonchev–Trinajstić information content (AvgIpc) is 1.41. The minimum Gasteiger partial charge on any atom is -0.759 e. The van der Waals surface area contributed by atoms with Crippen molar-refractivity contribution in [3.05, 3.63) is 0 Å². The van der Waals surface area contributed by atoms with Crippen molar-refractivity contribution in [2.24, 2.45) is 0 Å². The molecule has 0 saturated heterocycles. The molecule has 0 aromatic rings. The maximum absolute atomic E-state index is 8.52. The topological polar surface area (TPSA) is 241 Å². The summed E-state index contributed by atoms with van der Waals surface area (Å²) in [6, 6.07) is 0. The minimum atomic E-state index is -5.17. The summed E-state index contributed by atoms with van der Waals surface area (Å²) in [7, 11) is -15.5. The fraction of sp³-hybridized carbons (Fsp3) is 0. The van der Waals surface area contributed by atoms with Crippen LogP contribution in [0, 0.1) is 0 Å². The van der Waals surface area contributed by atoms with Gasteiger partial charge in [-0.25, -0.2) is 0 Å². The molecule has 0 amide bonds. The minimum absolute atomic E-state index is 0. The Labute approximate surface area is 131 Å². The molecule has 114 valence electrons. The maximum Gasteiger partial charge on any atom is 3.00 e. The van der Waals surface area contributed by atoms with Crippen molar-refractivity contribution >= 4 is 44.7 Å². The molecule has 0 aliphatic carbocycles. The van der Waals surface area contributed by atoms with Crippen LogP contribution in [0.15, 0.2) is 0 Å². The van der Waals surface area contributed by atoms with E-state index in [1.165, 1.54) is 0 Å². The molecule has 18 heteroatoms. The second-order valence-electron chi connectivity index (χ2n) is 1.22. The van der Waals surface area contributed by atoms with Crippen molar-refractivity contribution in [3.63, 3.8) is 0 Å². The van der Waals surface area contributed by atoms with Gasteiger partial charge in [0, 0.05) is 31.2 Å². The van der Waals surface area contributed by atoms with Crippen LogP contribution in [-0.2, 0) is 65.3 Å². The van der Waals surface area contributed by atoms with Crippen molar-refractivity contribution in [1.82, 2.24) is 0 Å². The quantitative estimate of drug-likeness (QED) is 0.202. The summed E-state index contributed by atoms with van der Waals surface area (Å²) in [5.41, 5.74) is 0. The second-order valence-corrected chi connectivity index (χ2v) is 3.67. The fourth-order valence-corrected chi connectivity index (χ4v) is 0. The molecule has 0 spiro atoms. The van der Waals surface area contributed by atoms with E-state index in [4.69, 9.17) is 52.6 Å². The molecule has 0 atom stereocenters. The molecule has 0 heterocycles. The summed E-state index contributed by atoms with van der Waals surface area (Å²) in [6.07, 6.45) is 0. The first-order chi connectivity index (χ1) is 6.00. The van der Waals surface area contributed by atoms with E-state index in [0.29, 0.717) is 0 Å². The van der Waals surface area contributed by atoms with Crippen molar-refractivity contribution in [3.8, 4) is 0 Å². The van der Waals surface area contributed by atoms with Gasteiger partial charge in [-0.3, -0.25) is 25.3 Å². The molecular weight excluding hydrogens is 432 g/mol. The first kappa shape index (κ1) is 36.4. The monoisotopic (exact) mass is 434 g/mol. The molecule has 12 nitrogen and oxygen atoms in total. The zero-order valence-electron chi connectivity index (χ0n) is 7.33. The molecule has 2 radical (unpaired) electrons. The number of hydrogen-bond acceptors (Lipinski definition) is 12. The molecule has 0 N–H and O–H groups in total. The Hall–Kier alpha value is 0.999. The summed E-state index contributed by atoms with van der Waals surface area (Å²) in [6.45, 7) is 0. The van der Waals surface area contributed by atoms with Gasteiger partial charge in [0.1, 0.15) is 0 Å². The van der Waals surface area contributed by atoms with Gasteiger partial charge in [-0.05, 0) is 0 Å². The summed E-state index contributed by atoms with van der Waals surface area (Å²) >= 11 is 0. The Morgan fingerprint density at radius 2 is 0.444 bits per heavy atom. The summed E-state index contributed by atoms with van der Waals surface area (Å²) in [5, 5.41) is 0. The van der Waals surface area contributed by atoms with Crippen molar-refractivity contribution in [2.75, 3.05) is 0 Å². The molecule has 0 aliphatic rings. The van der Waals surface area contributed by atoms with Crippen LogP contribution in [0.3, 0.4) is 0 Å². The molecule has 0 fully saturated rings. The summed E-state index contributed by atoms with van der Waals surface area (Å²) < 4.78 is 102. The smallest absolute Gasteiger partial charge is 0.759 e. The Bertz CT molecular complexity index is 343. The molecule has 0 aromatic carbocycles. The van der Waals surface area contributed by atoms with Gasteiger partial charge in [0.2, 0.25) is 0 Å². The van der Waals surface area contributed by atoms with Gasteiger partial charge in [0.15, 0.2) is 0 Å². The SMILES string of the molecule is O=S(=O)([O-])[O-].O=S(=O)([O-])[O-].O=S(=O)([O-])[O-].S.[Fe+3].[Fe+3]. The average molecular weight is 434 g/mol. The van der Waals surface area contributed by atoms with Gasteiger partial charge in [-0.15, -0.1) is 0 Å². The number of hydrogen-bond donors (Lipinski definition) is 0. The molecule has 0 unspecified atom stereocenters. The van der Waals surface area contributed by atoms with Crippen LogP contribution in [0.5, 0.6) is 0 Å². The van der Waals surface area contributed by atoms with Gasteiger partial charge in [0.25, 0.3) is 0 Å². The molecule has 0 aromatic heterocycles. The Balaban J connectivity index is -0.0000000277. The van der Waals surface area contributed by atoms with Crippen LogP contribution >= 0.6 is 13.5 Å². The Morgan fingerprint density at radius 3 is 0.444 bits per heavy atom. The van der Waals surface area contributed by atoms with Crippen LogP contribution in [0.2, 0.25) is 0 Å². The zero-order chi connectivity index (χ0) is 13.5. The van der Waals surface area contributed by atoms with Gasteiger partial charge in [-0.2, -0.15) is 13.5 Å². The van der Waals surface area contributed by atoms with Crippen LogP contribution in [0.25, 0.3) is 0 Å². The van der Waals surface area contributed by atoms with Crippen LogP contribution in [0.4, 0.5) is 0 Å². The van der Waals surface area contributed by atoms with Crippen LogP contribution in [-0.4, -0.2) is 52.6 Å². The predicted octanol–water partition coefficient (Wildman–Crippen LogP) is -3.91. The van der Waals surface area contributed by atoms with E-state index in [-0.39, 0.29) is 47.6 Å². The molecule has 18 heavy (non-hydrogen) atoms. The van der Waals surface area contributed by atoms with E-state index in [2.05, 4.69) is 0 Å². The Morgan fingerprint density at radius 1 is 0.444 bits per heavy atom. The van der Waals surface area contributed by atoms with Crippen molar-refractivity contribution in [1.29, 1.82) is 0 Å². The largest absolute Gasteiger partial charge is 3.00 e. The number of rotatable bonds is 0. The molecule has 0 saturated carbocycles. The third-order valence-corrected chi connectivity index (χ3v) is 0. The first-order valence-corrected chi connectivity index (χ1v) is 6.00. The zero-order valence-corrected chi connectivity index (χ0v) is 13.0. The third-order valence-electron chi connectivity index (χ3n) is 0. The van der Waals surface area contributed by atoms with E-state index in [1.54, 1.807) is 0 Å². The molecule has 0 rings (SSSR count).